The topological polar surface area (TPSA) is 20.2 Å². The van der Waals surface area contributed by atoms with Crippen LogP contribution in [-0.4, -0.2) is 5.11 Å². The largest absolute Gasteiger partial charge is 0.508 e. The first kappa shape index (κ1) is 10.8. The van der Waals surface area contributed by atoms with Crippen molar-refractivity contribution in [2.75, 3.05) is 0 Å². The van der Waals surface area contributed by atoms with Crippen LogP contribution in [-0.2, 0) is 0 Å². The van der Waals surface area contributed by atoms with Gasteiger partial charge in [0.2, 0.25) is 0 Å². The van der Waals surface area contributed by atoms with Gasteiger partial charge >= 0.3 is 0 Å². The molecule has 1 nitrogen and oxygen atoms in total. The Morgan fingerprint density at radius 1 is 1.40 bits per heavy atom. The summed E-state index contributed by atoms with van der Waals surface area (Å²) in [5, 5.41) is 10.3. The van der Waals surface area contributed by atoms with Gasteiger partial charge in [0.15, 0.2) is 0 Å². The number of benzene rings is 1. The monoisotopic (exact) mass is 224 g/mol. The third kappa shape index (κ3) is 1.98. The van der Waals surface area contributed by atoms with Crippen LogP contribution in [0.1, 0.15) is 50.2 Å². The fraction of sp³-hybridized carbons (Fsp3) is 0.538. The Bertz CT molecular complexity index is 384. The van der Waals surface area contributed by atoms with Crippen molar-refractivity contribution in [3.8, 4) is 5.75 Å². The highest BCUT2D eigenvalue weighted by Crippen LogP contribution is 2.52. The molecule has 0 heterocycles. The lowest BCUT2D eigenvalue weighted by atomic mass is 9.93. The van der Waals surface area contributed by atoms with Gasteiger partial charge in [-0.3, -0.25) is 0 Å². The molecule has 0 aromatic heterocycles. The van der Waals surface area contributed by atoms with Crippen molar-refractivity contribution < 1.29 is 5.11 Å². The highest BCUT2D eigenvalue weighted by Gasteiger charge is 2.37. The number of phenolic OH excluding ortho intramolecular Hbond substituents is 1. The van der Waals surface area contributed by atoms with E-state index in [9.17, 15) is 5.11 Å². The Labute approximate surface area is 96.1 Å². The molecule has 1 aromatic carbocycles. The van der Waals surface area contributed by atoms with Crippen LogP contribution < -0.4 is 0 Å². The van der Waals surface area contributed by atoms with Gasteiger partial charge in [-0.25, -0.2) is 0 Å². The molecule has 2 heteroatoms. The molecule has 1 N–H and O–H groups in total. The van der Waals surface area contributed by atoms with Crippen molar-refractivity contribution in [1.82, 2.24) is 0 Å². The number of halogens is 1. The lowest BCUT2D eigenvalue weighted by molar-refractivity contribution is 0.473. The highest BCUT2D eigenvalue weighted by atomic mass is 35.5. The molecule has 0 unspecified atom stereocenters. The molecule has 2 rings (SSSR count). The van der Waals surface area contributed by atoms with Crippen LogP contribution in [0, 0.1) is 5.92 Å². The van der Waals surface area contributed by atoms with E-state index in [1.165, 1.54) is 17.5 Å². The van der Waals surface area contributed by atoms with Gasteiger partial charge in [0.25, 0.3) is 0 Å². The van der Waals surface area contributed by atoms with Gasteiger partial charge in [0, 0.05) is 5.02 Å². The quantitative estimate of drug-likeness (QED) is 0.795. The van der Waals surface area contributed by atoms with Gasteiger partial charge in [-0.2, -0.15) is 0 Å². The lowest BCUT2D eigenvalue weighted by Crippen LogP contribution is -1.96. The predicted octanol–water partition coefficient (Wildman–Crippen LogP) is 4.29. The van der Waals surface area contributed by atoms with Crippen molar-refractivity contribution in [3.05, 3.63) is 28.3 Å². The molecular formula is C13H17ClO. The maximum Gasteiger partial charge on any atom is 0.117 e. The summed E-state index contributed by atoms with van der Waals surface area (Å²) in [4.78, 5) is 0. The second kappa shape index (κ2) is 3.71. The summed E-state index contributed by atoms with van der Waals surface area (Å²) in [5.41, 5.74) is 2.46. The molecule has 82 valence electrons. The molecule has 15 heavy (non-hydrogen) atoms. The predicted molar refractivity (Wildman–Crippen MR) is 63.7 cm³/mol. The van der Waals surface area contributed by atoms with Crippen LogP contribution in [0.15, 0.2) is 12.1 Å². The summed E-state index contributed by atoms with van der Waals surface area (Å²) >= 11 is 6.22. The van der Waals surface area contributed by atoms with E-state index in [0.29, 0.717) is 11.8 Å². The smallest absolute Gasteiger partial charge is 0.117 e. The first-order chi connectivity index (χ1) is 7.00. The van der Waals surface area contributed by atoms with E-state index in [0.717, 1.165) is 10.9 Å². The van der Waals surface area contributed by atoms with Crippen LogP contribution in [0.2, 0.25) is 5.02 Å². The maximum atomic E-state index is 9.55. The second-order valence-corrected chi connectivity index (χ2v) is 5.31. The Balaban J connectivity index is 2.50. The normalized spacial score (nSPS) is 24.6. The Hall–Kier alpha value is -0.690. The molecule has 1 saturated carbocycles. The van der Waals surface area contributed by atoms with Crippen molar-refractivity contribution >= 4 is 11.6 Å². The molecule has 0 radical (unpaired) electrons. The number of hydrogen-bond donors (Lipinski definition) is 1. The molecule has 1 aromatic rings. The van der Waals surface area contributed by atoms with E-state index in [-0.39, 0.29) is 5.75 Å². The molecule has 0 spiro atoms. The van der Waals surface area contributed by atoms with E-state index in [1.807, 2.05) is 6.07 Å². The first-order valence-electron chi connectivity index (χ1n) is 5.53. The molecule has 0 aliphatic heterocycles. The summed E-state index contributed by atoms with van der Waals surface area (Å²) < 4.78 is 0. The molecule has 2 atom stereocenters. The Morgan fingerprint density at radius 3 is 2.47 bits per heavy atom. The van der Waals surface area contributed by atoms with Crippen molar-refractivity contribution in [2.45, 2.75) is 39.0 Å². The lowest BCUT2D eigenvalue weighted by Gasteiger charge is -2.15. The van der Waals surface area contributed by atoms with Gasteiger partial charge in [-0.1, -0.05) is 32.4 Å². The molecule has 0 bridgehead atoms. The number of hydrogen-bond acceptors (Lipinski definition) is 1. The fourth-order valence-electron chi connectivity index (χ4n) is 2.22. The van der Waals surface area contributed by atoms with E-state index in [1.54, 1.807) is 6.07 Å². The molecular weight excluding hydrogens is 208 g/mol. The summed E-state index contributed by atoms with van der Waals surface area (Å²) in [6, 6.07) is 3.52. The van der Waals surface area contributed by atoms with E-state index in [2.05, 4.69) is 20.8 Å². The summed E-state index contributed by atoms with van der Waals surface area (Å²) in [5.74, 6) is 2.04. The minimum Gasteiger partial charge on any atom is -0.508 e. The first-order valence-corrected chi connectivity index (χ1v) is 5.90. The van der Waals surface area contributed by atoms with E-state index < -0.39 is 0 Å². The average molecular weight is 225 g/mol. The van der Waals surface area contributed by atoms with Gasteiger partial charge in [0.1, 0.15) is 5.75 Å². The second-order valence-electron chi connectivity index (χ2n) is 4.90. The number of rotatable bonds is 2. The summed E-state index contributed by atoms with van der Waals surface area (Å²) in [6.07, 6.45) is 1.23. The van der Waals surface area contributed by atoms with Crippen molar-refractivity contribution in [2.24, 2.45) is 5.92 Å². The average Bonchev–Trinajstić information content (AvgIpc) is 2.80. The molecule has 1 fully saturated rings. The number of aromatic hydroxyl groups is 1. The SMILES string of the molecule is CC(C)c1cc(O)cc(Cl)c1[C@@H]1C[C@H]1C. The summed E-state index contributed by atoms with van der Waals surface area (Å²) in [6.45, 7) is 6.53. The molecule has 1 aliphatic rings. The van der Waals surface area contributed by atoms with Gasteiger partial charge in [0.05, 0.1) is 0 Å². The Kier molecular flexibility index (Phi) is 2.68. The van der Waals surface area contributed by atoms with Crippen molar-refractivity contribution in [1.29, 1.82) is 0 Å². The van der Waals surface area contributed by atoms with Gasteiger partial charge < -0.3 is 5.11 Å². The Morgan fingerprint density at radius 2 is 2.00 bits per heavy atom. The van der Waals surface area contributed by atoms with E-state index >= 15 is 0 Å². The molecule has 1 aliphatic carbocycles. The van der Waals surface area contributed by atoms with Crippen LogP contribution in [0.4, 0.5) is 0 Å². The number of phenols is 1. The molecule has 0 saturated heterocycles. The maximum absolute atomic E-state index is 9.55. The van der Waals surface area contributed by atoms with Crippen LogP contribution >= 0.6 is 11.6 Å². The van der Waals surface area contributed by atoms with Crippen LogP contribution in [0.25, 0.3) is 0 Å². The zero-order valence-corrected chi connectivity index (χ0v) is 10.2. The van der Waals surface area contributed by atoms with Gasteiger partial charge in [-0.05, 0) is 47.4 Å². The third-order valence-electron chi connectivity index (χ3n) is 3.25. The van der Waals surface area contributed by atoms with Crippen LogP contribution in [0.5, 0.6) is 5.75 Å². The zero-order chi connectivity index (χ0) is 11.2. The van der Waals surface area contributed by atoms with Crippen molar-refractivity contribution in [3.63, 3.8) is 0 Å². The minimum absolute atomic E-state index is 0.278. The molecule has 0 amide bonds. The fourth-order valence-corrected chi connectivity index (χ4v) is 2.58. The minimum atomic E-state index is 0.278. The summed E-state index contributed by atoms with van der Waals surface area (Å²) in [7, 11) is 0. The van der Waals surface area contributed by atoms with Crippen LogP contribution in [0.3, 0.4) is 0 Å². The van der Waals surface area contributed by atoms with E-state index in [4.69, 9.17) is 11.6 Å². The highest BCUT2D eigenvalue weighted by molar-refractivity contribution is 6.31. The van der Waals surface area contributed by atoms with Gasteiger partial charge in [-0.15, -0.1) is 0 Å². The third-order valence-corrected chi connectivity index (χ3v) is 3.56. The zero-order valence-electron chi connectivity index (χ0n) is 9.42. The standard InChI is InChI=1S/C13H17ClO/c1-7(2)10-5-9(15)6-12(14)13(10)11-4-8(11)3/h5-8,11,15H,4H2,1-3H3/t8-,11-/m1/s1.